The molecule has 0 aliphatic carbocycles. The highest BCUT2D eigenvalue weighted by atomic mass is 32.2. The Kier molecular flexibility index (Phi) is 6.14. The van der Waals surface area contributed by atoms with Gasteiger partial charge in [0.25, 0.3) is 0 Å². The maximum atomic E-state index is 11.3. The van der Waals surface area contributed by atoms with Gasteiger partial charge in [0, 0.05) is 25.1 Å². The molecule has 0 amide bonds. The summed E-state index contributed by atoms with van der Waals surface area (Å²) in [7, 11) is -3.17. The van der Waals surface area contributed by atoms with Crippen molar-refractivity contribution in [3.05, 3.63) is 29.8 Å². The number of sulfone groups is 1. The van der Waals surface area contributed by atoms with Crippen LogP contribution in [0.1, 0.15) is 11.7 Å². The molecule has 0 spiro atoms. The van der Waals surface area contributed by atoms with Gasteiger partial charge in [-0.15, -0.1) is 0 Å². The Balaban J connectivity index is 2.57. The fourth-order valence-electron chi connectivity index (χ4n) is 1.47. The Morgan fingerprint density at radius 1 is 1.33 bits per heavy atom. The number of aliphatic hydroxyl groups is 1. The molecular weight excluding hydrogens is 270 g/mol. The Bertz CT molecular complexity index is 457. The van der Waals surface area contributed by atoms with Crippen LogP contribution in [0.15, 0.2) is 29.2 Å². The van der Waals surface area contributed by atoms with E-state index in [4.69, 9.17) is 0 Å². The smallest absolute Gasteiger partial charge is 0.175 e. The van der Waals surface area contributed by atoms with Gasteiger partial charge in [0.1, 0.15) is 0 Å². The van der Waals surface area contributed by atoms with Crippen molar-refractivity contribution in [3.63, 3.8) is 0 Å². The van der Waals surface area contributed by atoms with Gasteiger partial charge in [0.15, 0.2) is 9.84 Å². The predicted molar refractivity (Wildman–Crippen MR) is 75.8 cm³/mol. The number of benzene rings is 1. The van der Waals surface area contributed by atoms with Crippen LogP contribution in [-0.4, -0.2) is 44.9 Å². The first kappa shape index (κ1) is 15.5. The van der Waals surface area contributed by atoms with Gasteiger partial charge < -0.3 is 10.4 Å². The molecule has 6 heteroatoms. The summed E-state index contributed by atoms with van der Waals surface area (Å²) < 4.78 is 22.6. The van der Waals surface area contributed by atoms with Crippen molar-refractivity contribution in [2.45, 2.75) is 11.0 Å². The molecule has 2 N–H and O–H groups in total. The van der Waals surface area contributed by atoms with Crippen LogP contribution in [0.25, 0.3) is 0 Å². The van der Waals surface area contributed by atoms with Crippen LogP contribution in [0.3, 0.4) is 0 Å². The maximum absolute atomic E-state index is 11.3. The average Bonchev–Trinajstić information content (AvgIpc) is 2.33. The summed E-state index contributed by atoms with van der Waals surface area (Å²) in [5, 5.41) is 13.0. The molecule has 1 atom stereocenters. The van der Waals surface area contributed by atoms with Gasteiger partial charge in [-0.1, -0.05) is 12.1 Å². The zero-order valence-corrected chi connectivity index (χ0v) is 12.2. The number of hydrogen-bond donors (Lipinski definition) is 2. The third kappa shape index (κ3) is 4.97. The molecule has 0 bridgehead atoms. The van der Waals surface area contributed by atoms with E-state index in [2.05, 4.69) is 5.32 Å². The molecule has 0 saturated carbocycles. The zero-order chi connectivity index (χ0) is 13.6. The molecule has 0 saturated heterocycles. The quantitative estimate of drug-likeness (QED) is 0.735. The molecule has 0 fully saturated rings. The molecule has 0 aliphatic rings. The van der Waals surface area contributed by atoms with Gasteiger partial charge in [-0.25, -0.2) is 8.42 Å². The summed E-state index contributed by atoms with van der Waals surface area (Å²) >= 11 is 1.74. The molecule has 0 aromatic heterocycles. The highest BCUT2D eigenvalue weighted by Gasteiger charge is 2.10. The van der Waals surface area contributed by atoms with Crippen LogP contribution >= 0.6 is 11.8 Å². The Labute approximate surface area is 113 Å². The predicted octanol–water partition coefficient (Wildman–Crippen LogP) is 1.08. The van der Waals surface area contributed by atoms with E-state index in [0.717, 1.165) is 17.9 Å². The Morgan fingerprint density at radius 2 is 1.94 bits per heavy atom. The zero-order valence-electron chi connectivity index (χ0n) is 10.6. The monoisotopic (exact) mass is 289 g/mol. The normalized spacial score (nSPS) is 13.5. The first-order valence-corrected chi connectivity index (χ1v) is 8.91. The van der Waals surface area contributed by atoms with E-state index in [0.29, 0.717) is 6.54 Å². The lowest BCUT2D eigenvalue weighted by Crippen LogP contribution is -2.23. The van der Waals surface area contributed by atoms with Gasteiger partial charge in [-0.2, -0.15) is 11.8 Å². The van der Waals surface area contributed by atoms with Crippen LogP contribution in [0.4, 0.5) is 0 Å². The third-order valence-electron chi connectivity index (χ3n) is 2.51. The van der Waals surface area contributed by atoms with E-state index in [9.17, 15) is 13.5 Å². The second-order valence-corrected chi connectivity index (χ2v) is 7.06. The molecule has 0 heterocycles. The first-order valence-electron chi connectivity index (χ1n) is 5.63. The standard InChI is InChI=1S/C12H19NO3S2/c1-17-8-7-13-9-12(14)10-3-5-11(6-4-10)18(2,15)16/h3-6,12-14H,7-9H2,1-2H3. The van der Waals surface area contributed by atoms with E-state index in [1.807, 2.05) is 6.26 Å². The number of thioether (sulfide) groups is 1. The summed E-state index contributed by atoms with van der Waals surface area (Å²) in [5.74, 6) is 1.000. The van der Waals surface area contributed by atoms with E-state index in [1.54, 1.807) is 23.9 Å². The molecule has 18 heavy (non-hydrogen) atoms. The maximum Gasteiger partial charge on any atom is 0.175 e. The minimum atomic E-state index is -3.17. The number of hydrogen-bond acceptors (Lipinski definition) is 5. The van der Waals surface area contributed by atoms with Crippen molar-refractivity contribution < 1.29 is 13.5 Å². The lowest BCUT2D eigenvalue weighted by atomic mass is 10.1. The topological polar surface area (TPSA) is 66.4 Å². The summed E-state index contributed by atoms with van der Waals surface area (Å²) in [6.07, 6.45) is 2.59. The summed E-state index contributed by atoms with van der Waals surface area (Å²) in [5.41, 5.74) is 0.721. The van der Waals surface area contributed by atoms with Crippen molar-refractivity contribution in [3.8, 4) is 0 Å². The molecular formula is C12H19NO3S2. The van der Waals surface area contributed by atoms with Gasteiger partial charge >= 0.3 is 0 Å². The van der Waals surface area contributed by atoms with Crippen LogP contribution < -0.4 is 5.32 Å². The van der Waals surface area contributed by atoms with Crippen LogP contribution in [0.5, 0.6) is 0 Å². The summed E-state index contributed by atoms with van der Waals surface area (Å²) in [6, 6.07) is 6.35. The second-order valence-electron chi connectivity index (χ2n) is 4.05. The van der Waals surface area contributed by atoms with Gasteiger partial charge in [-0.05, 0) is 24.0 Å². The van der Waals surface area contributed by atoms with E-state index in [-0.39, 0.29) is 4.90 Å². The van der Waals surface area contributed by atoms with Crippen molar-refractivity contribution in [1.29, 1.82) is 0 Å². The summed E-state index contributed by atoms with van der Waals surface area (Å²) in [6.45, 7) is 1.32. The lowest BCUT2D eigenvalue weighted by molar-refractivity contribution is 0.175. The lowest BCUT2D eigenvalue weighted by Gasteiger charge is -2.12. The SMILES string of the molecule is CSCCNCC(O)c1ccc(S(C)(=O)=O)cc1. The highest BCUT2D eigenvalue weighted by molar-refractivity contribution is 7.98. The van der Waals surface area contributed by atoms with E-state index < -0.39 is 15.9 Å². The average molecular weight is 289 g/mol. The largest absolute Gasteiger partial charge is 0.387 e. The van der Waals surface area contributed by atoms with E-state index in [1.165, 1.54) is 18.4 Å². The van der Waals surface area contributed by atoms with Crippen LogP contribution in [0.2, 0.25) is 0 Å². The second kappa shape index (κ2) is 7.13. The molecule has 4 nitrogen and oxygen atoms in total. The van der Waals surface area contributed by atoms with Gasteiger partial charge in [0.05, 0.1) is 11.0 Å². The molecule has 1 aromatic rings. The van der Waals surface area contributed by atoms with Crippen molar-refractivity contribution >= 4 is 21.6 Å². The van der Waals surface area contributed by atoms with Gasteiger partial charge in [-0.3, -0.25) is 0 Å². The first-order chi connectivity index (χ1) is 8.45. The number of nitrogens with one attached hydrogen (secondary N) is 1. The number of aliphatic hydroxyl groups excluding tert-OH is 1. The molecule has 1 aromatic carbocycles. The van der Waals surface area contributed by atoms with Crippen molar-refractivity contribution in [1.82, 2.24) is 5.32 Å². The number of rotatable bonds is 7. The summed E-state index contributed by atoms with van der Waals surface area (Å²) in [4.78, 5) is 0.272. The minimum Gasteiger partial charge on any atom is -0.387 e. The fraction of sp³-hybridized carbons (Fsp3) is 0.500. The van der Waals surface area contributed by atoms with Crippen molar-refractivity contribution in [2.24, 2.45) is 0 Å². The van der Waals surface area contributed by atoms with E-state index >= 15 is 0 Å². The highest BCUT2D eigenvalue weighted by Crippen LogP contribution is 2.15. The van der Waals surface area contributed by atoms with Crippen molar-refractivity contribution in [2.75, 3.05) is 31.4 Å². The van der Waals surface area contributed by atoms with Crippen LogP contribution in [-0.2, 0) is 9.84 Å². The van der Waals surface area contributed by atoms with Crippen LogP contribution in [0, 0.1) is 0 Å². The molecule has 0 radical (unpaired) electrons. The Hall–Kier alpha value is -0.560. The molecule has 1 unspecified atom stereocenters. The Morgan fingerprint density at radius 3 is 2.44 bits per heavy atom. The minimum absolute atomic E-state index is 0.272. The molecule has 1 rings (SSSR count). The molecule has 102 valence electrons. The third-order valence-corrected chi connectivity index (χ3v) is 4.25. The van der Waals surface area contributed by atoms with Gasteiger partial charge in [0.2, 0.25) is 0 Å². The fourth-order valence-corrected chi connectivity index (χ4v) is 2.45. The molecule has 0 aliphatic heterocycles.